The van der Waals surface area contributed by atoms with Crippen LogP contribution in [-0.4, -0.2) is 46.1 Å². The Bertz CT molecular complexity index is 1140. The molecule has 2 aromatic carbocycles. The van der Waals surface area contributed by atoms with E-state index in [0.29, 0.717) is 24.2 Å². The van der Waals surface area contributed by atoms with Crippen molar-refractivity contribution in [1.82, 2.24) is 4.90 Å². The van der Waals surface area contributed by atoms with Crippen molar-refractivity contribution in [3.63, 3.8) is 0 Å². The van der Waals surface area contributed by atoms with Gasteiger partial charge in [-0.05, 0) is 50.1 Å². The SMILES string of the molecule is CC(C)OCCCN1C(=O)C(O)=C(C(=O)c2cc3ccccc3o2)C1c1ccc(O)cc1. The monoisotopic (exact) mass is 435 g/mol. The van der Waals surface area contributed by atoms with E-state index in [4.69, 9.17) is 9.15 Å². The highest BCUT2D eigenvalue weighted by atomic mass is 16.5. The molecule has 32 heavy (non-hydrogen) atoms. The number of hydrogen-bond acceptors (Lipinski definition) is 6. The molecule has 7 nitrogen and oxygen atoms in total. The van der Waals surface area contributed by atoms with Crippen molar-refractivity contribution in [1.29, 1.82) is 0 Å². The fourth-order valence-corrected chi connectivity index (χ4v) is 3.90. The van der Waals surface area contributed by atoms with Crippen LogP contribution in [0.5, 0.6) is 5.75 Å². The number of furan rings is 1. The quantitative estimate of drug-likeness (QED) is 0.398. The summed E-state index contributed by atoms with van der Waals surface area (Å²) in [6.45, 7) is 4.59. The number of hydrogen-bond donors (Lipinski definition) is 2. The third kappa shape index (κ3) is 4.11. The number of ketones is 1. The number of fused-ring (bicyclic) bond motifs is 1. The zero-order valence-corrected chi connectivity index (χ0v) is 17.9. The van der Waals surface area contributed by atoms with Gasteiger partial charge in [0.25, 0.3) is 5.91 Å². The molecule has 1 amide bonds. The van der Waals surface area contributed by atoms with Crippen molar-refractivity contribution in [3.8, 4) is 5.75 Å². The lowest BCUT2D eigenvalue weighted by Crippen LogP contribution is -2.32. The Morgan fingerprint density at radius 3 is 2.53 bits per heavy atom. The Balaban J connectivity index is 1.70. The van der Waals surface area contributed by atoms with Crippen molar-refractivity contribution in [3.05, 3.63) is 77.3 Å². The number of phenolic OH excluding ortho intramolecular Hbond substituents is 1. The number of aliphatic hydroxyl groups excluding tert-OH is 1. The predicted octanol–water partition coefficient (Wildman–Crippen LogP) is 4.53. The average molecular weight is 435 g/mol. The topological polar surface area (TPSA) is 100 Å². The Morgan fingerprint density at radius 2 is 1.84 bits per heavy atom. The van der Waals surface area contributed by atoms with Crippen LogP contribution in [0.15, 0.2) is 70.3 Å². The van der Waals surface area contributed by atoms with E-state index in [0.717, 1.165) is 5.39 Å². The average Bonchev–Trinajstić information content (AvgIpc) is 3.31. The molecule has 0 fully saturated rings. The van der Waals surface area contributed by atoms with E-state index in [1.807, 2.05) is 26.0 Å². The minimum atomic E-state index is -0.803. The van der Waals surface area contributed by atoms with Gasteiger partial charge in [0.15, 0.2) is 11.5 Å². The number of carbonyl (C=O) groups excluding carboxylic acids is 2. The van der Waals surface area contributed by atoms with E-state index < -0.39 is 23.5 Å². The molecule has 2 heterocycles. The van der Waals surface area contributed by atoms with Gasteiger partial charge >= 0.3 is 0 Å². The van der Waals surface area contributed by atoms with Crippen molar-refractivity contribution >= 4 is 22.7 Å². The molecular weight excluding hydrogens is 410 g/mol. The maximum atomic E-state index is 13.4. The highest BCUT2D eigenvalue weighted by Crippen LogP contribution is 2.40. The highest BCUT2D eigenvalue weighted by molar-refractivity contribution is 6.16. The van der Waals surface area contributed by atoms with Crippen LogP contribution in [0.3, 0.4) is 0 Å². The van der Waals surface area contributed by atoms with E-state index in [2.05, 4.69) is 0 Å². The van der Waals surface area contributed by atoms with E-state index >= 15 is 0 Å². The number of benzene rings is 2. The molecule has 1 aromatic heterocycles. The molecule has 0 radical (unpaired) electrons. The summed E-state index contributed by atoms with van der Waals surface area (Å²) in [5, 5.41) is 21.2. The zero-order valence-electron chi connectivity index (χ0n) is 17.9. The van der Waals surface area contributed by atoms with Gasteiger partial charge in [0, 0.05) is 18.5 Å². The van der Waals surface area contributed by atoms with Crippen LogP contribution in [0.1, 0.15) is 42.4 Å². The summed E-state index contributed by atoms with van der Waals surface area (Å²) in [6, 6.07) is 14.2. The summed E-state index contributed by atoms with van der Waals surface area (Å²) >= 11 is 0. The molecule has 1 aliphatic heterocycles. The molecule has 0 saturated heterocycles. The second-order valence-electron chi connectivity index (χ2n) is 8.01. The molecule has 7 heteroatoms. The van der Waals surface area contributed by atoms with Crippen LogP contribution >= 0.6 is 0 Å². The first-order valence-corrected chi connectivity index (χ1v) is 10.5. The summed E-state index contributed by atoms with van der Waals surface area (Å²) in [5.41, 5.74) is 1.11. The van der Waals surface area contributed by atoms with Crippen LogP contribution in [0.25, 0.3) is 11.0 Å². The van der Waals surface area contributed by atoms with E-state index in [1.165, 1.54) is 17.0 Å². The fraction of sp³-hybridized carbons (Fsp3) is 0.280. The molecule has 1 unspecified atom stereocenters. The lowest BCUT2D eigenvalue weighted by atomic mass is 9.95. The van der Waals surface area contributed by atoms with Crippen LogP contribution < -0.4 is 0 Å². The van der Waals surface area contributed by atoms with Gasteiger partial charge in [-0.1, -0.05) is 30.3 Å². The standard InChI is InChI=1S/C25H25NO6/c1-15(2)31-13-5-12-26-22(16-8-10-18(27)11-9-16)21(24(29)25(26)30)23(28)20-14-17-6-3-4-7-19(17)32-20/h3-4,6-11,14-15,22,27,29H,5,12-13H2,1-2H3. The number of amides is 1. The maximum absolute atomic E-state index is 13.4. The number of phenols is 1. The molecule has 2 N–H and O–H groups in total. The number of para-hydroxylation sites is 1. The lowest BCUT2D eigenvalue weighted by Gasteiger charge is -2.26. The van der Waals surface area contributed by atoms with Gasteiger partial charge in [-0.3, -0.25) is 9.59 Å². The first-order valence-electron chi connectivity index (χ1n) is 10.5. The number of aliphatic hydroxyl groups is 1. The van der Waals surface area contributed by atoms with Gasteiger partial charge < -0.3 is 24.3 Å². The summed E-state index contributed by atoms with van der Waals surface area (Å²) in [4.78, 5) is 27.8. The number of ether oxygens (including phenoxy) is 1. The van der Waals surface area contributed by atoms with Crippen LogP contribution in [0.4, 0.5) is 0 Å². The van der Waals surface area contributed by atoms with E-state index in [-0.39, 0.29) is 29.7 Å². The highest BCUT2D eigenvalue weighted by Gasteiger charge is 2.44. The Morgan fingerprint density at radius 1 is 1.12 bits per heavy atom. The second kappa shape index (κ2) is 8.88. The van der Waals surface area contributed by atoms with E-state index in [9.17, 15) is 19.8 Å². The summed E-state index contributed by atoms with van der Waals surface area (Å²) in [7, 11) is 0. The molecule has 0 saturated carbocycles. The molecule has 3 aromatic rings. The minimum Gasteiger partial charge on any atom is -0.508 e. The fourth-order valence-electron chi connectivity index (χ4n) is 3.90. The molecule has 0 aliphatic carbocycles. The first-order chi connectivity index (χ1) is 15.4. The molecule has 1 atom stereocenters. The summed E-state index contributed by atoms with van der Waals surface area (Å²) in [5.74, 6) is -1.64. The Labute approximate surface area is 185 Å². The van der Waals surface area contributed by atoms with Gasteiger partial charge in [0.1, 0.15) is 11.3 Å². The van der Waals surface area contributed by atoms with Crippen molar-refractivity contribution in [2.45, 2.75) is 32.4 Å². The number of nitrogens with zero attached hydrogens (tertiary/aromatic N) is 1. The van der Waals surface area contributed by atoms with Crippen LogP contribution in [-0.2, 0) is 9.53 Å². The summed E-state index contributed by atoms with van der Waals surface area (Å²) in [6.07, 6.45) is 0.603. The zero-order chi connectivity index (χ0) is 22.8. The lowest BCUT2D eigenvalue weighted by molar-refractivity contribution is -0.129. The molecule has 1 aliphatic rings. The maximum Gasteiger partial charge on any atom is 0.290 e. The molecule has 0 bridgehead atoms. The molecule has 0 spiro atoms. The third-order valence-corrected chi connectivity index (χ3v) is 5.40. The number of aromatic hydroxyl groups is 1. The van der Waals surface area contributed by atoms with Gasteiger partial charge in [-0.15, -0.1) is 0 Å². The first kappa shape index (κ1) is 21.6. The largest absolute Gasteiger partial charge is 0.508 e. The van der Waals surface area contributed by atoms with Gasteiger partial charge in [0.2, 0.25) is 5.78 Å². The number of carbonyl (C=O) groups is 2. The van der Waals surface area contributed by atoms with Gasteiger partial charge in [-0.25, -0.2) is 0 Å². The van der Waals surface area contributed by atoms with Crippen molar-refractivity contribution in [2.75, 3.05) is 13.2 Å². The van der Waals surface area contributed by atoms with Crippen LogP contribution in [0.2, 0.25) is 0 Å². The predicted molar refractivity (Wildman–Crippen MR) is 118 cm³/mol. The Kier molecular flexibility index (Phi) is 6.01. The van der Waals surface area contributed by atoms with Crippen LogP contribution in [0, 0.1) is 0 Å². The third-order valence-electron chi connectivity index (χ3n) is 5.40. The van der Waals surface area contributed by atoms with E-state index in [1.54, 1.807) is 30.3 Å². The molecule has 4 rings (SSSR count). The van der Waals surface area contributed by atoms with Crippen molar-refractivity contribution in [2.24, 2.45) is 0 Å². The molecular formula is C25H25NO6. The second-order valence-corrected chi connectivity index (χ2v) is 8.01. The smallest absolute Gasteiger partial charge is 0.290 e. The van der Waals surface area contributed by atoms with Gasteiger partial charge in [0.05, 0.1) is 17.7 Å². The number of rotatable bonds is 8. The minimum absolute atomic E-state index is 0.0375. The summed E-state index contributed by atoms with van der Waals surface area (Å²) < 4.78 is 11.3. The molecule has 166 valence electrons. The number of Topliss-reactive ketones (excluding diaryl/α,β-unsaturated/α-hetero) is 1. The normalized spacial score (nSPS) is 16.5. The Hall–Kier alpha value is -3.58. The van der Waals surface area contributed by atoms with Gasteiger partial charge in [-0.2, -0.15) is 0 Å². The van der Waals surface area contributed by atoms with Crippen molar-refractivity contribution < 1.29 is 29.0 Å².